The number of amides is 2. The summed E-state index contributed by atoms with van der Waals surface area (Å²) in [5.41, 5.74) is 6.57. The summed E-state index contributed by atoms with van der Waals surface area (Å²) in [6.07, 6.45) is 0. The molecule has 1 heterocycles. The molecule has 0 aromatic heterocycles. The van der Waals surface area contributed by atoms with Gasteiger partial charge in [0.2, 0.25) is 5.91 Å². The summed E-state index contributed by atoms with van der Waals surface area (Å²) in [6, 6.07) is 4.92. The smallest absolute Gasteiger partial charge is 0.256 e. The number of nitrogens with two attached hydrogens (primary N) is 1. The zero-order chi connectivity index (χ0) is 14.0. The van der Waals surface area contributed by atoms with E-state index in [-0.39, 0.29) is 18.4 Å². The number of carbonyl (C=O) groups excluding carboxylic acids is 2. The molecule has 2 amide bonds. The van der Waals surface area contributed by atoms with Crippen LogP contribution < -0.4 is 10.5 Å². The fourth-order valence-electron chi connectivity index (χ4n) is 1.95. The zero-order valence-corrected chi connectivity index (χ0v) is 11.0. The van der Waals surface area contributed by atoms with Gasteiger partial charge in [-0.2, -0.15) is 0 Å². The number of anilines is 1. The molecule has 1 aromatic rings. The molecular formula is C13H17N3O3. The summed E-state index contributed by atoms with van der Waals surface area (Å²) >= 11 is 0. The molecule has 1 aromatic carbocycles. The number of piperazine rings is 1. The minimum Gasteiger partial charge on any atom is -0.497 e. The van der Waals surface area contributed by atoms with Gasteiger partial charge in [-0.05, 0) is 18.2 Å². The molecular weight excluding hydrogens is 246 g/mol. The second kappa shape index (κ2) is 5.17. The SMILES string of the molecule is COc1ccc(N)c(C(=O)N2CCN(C)C(=O)C2)c1. The van der Waals surface area contributed by atoms with Gasteiger partial charge in [-0.3, -0.25) is 9.59 Å². The molecule has 6 nitrogen and oxygen atoms in total. The number of likely N-dealkylation sites (N-methyl/N-ethyl adjacent to an activating group) is 1. The number of nitrogens with zero attached hydrogens (tertiary/aromatic N) is 2. The van der Waals surface area contributed by atoms with Gasteiger partial charge in [-0.25, -0.2) is 0 Å². The van der Waals surface area contributed by atoms with Gasteiger partial charge in [0, 0.05) is 25.8 Å². The highest BCUT2D eigenvalue weighted by molar-refractivity contribution is 6.01. The van der Waals surface area contributed by atoms with Crippen LogP contribution in [0.3, 0.4) is 0 Å². The highest BCUT2D eigenvalue weighted by Crippen LogP contribution is 2.21. The molecule has 2 N–H and O–H groups in total. The third-order valence-electron chi connectivity index (χ3n) is 3.24. The number of hydrogen-bond acceptors (Lipinski definition) is 4. The molecule has 0 saturated carbocycles. The number of hydrogen-bond donors (Lipinski definition) is 1. The average molecular weight is 263 g/mol. The van der Waals surface area contributed by atoms with E-state index >= 15 is 0 Å². The Morgan fingerprint density at radius 2 is 2.11 bits per heavy atom. The molecule has 0 atom stereocenters. The van der Waals surface area contributed by atoms with Crippen molar-refractivity contribution in [2.24, 2.45) is 0 Å². The van der Waals surface area contributed by atoms with Crippen LogP contribution in [0.2, 0.25) is 0 Å². The van der Waals surface area contributed by atoms with Crippen molar-refractivity contribution in [2.45, 2.75) is 0 Å². The van der Waals surface area contributed by atoms with Crippen molar-refractivity contribution in [3.63, 3.8) is 0 Å². The van der Waals surface area contributed by atoms with Crippen LogP contribution in [0.15, 0.2) is 18.2 Å². The Morgan fingerprint density at radius 1 is 1.37 bits per heavy atom. The van der Waals surface area contributed by atoms with Gasteiger partial charge in [0.05, 0.1) is 12.7 Å². The van der Waals surface area contributed by atoms with Crippen LogP contribution in [0.1, 0.15) is 10.4 Å². The largest absolute Gasteiger partial charge is 0.497 e. The summed E-state index contributed by atoms with van der Waals surface area (Å²) in [7, 11) is 3.25. The van der Waals surface area contributed by atoms with Crippen molar-refractivity contribution >= 4 is 17.5 Å². The first-order valence-corrected chi connectivity index (χ1v) is 5.99. The molecule has 1 fully saturated rings. The second-order valence-corrected chi connectivity index (χ2v) is 4.50. The third kappa shape index (κ3) is 2.62. The fraction of sp³-hybridized carbons (Fsp3) is 0.385. The Morgan fingerprint density at radius 3 is 2.74 bits per heavy atom. The molecule has 0 aliphatic carbocycles. The van der Waals surface area contributed by atoms with Gasteiger partial charge in [0.25, 0.3) is 5.91 Å². The minimum absolute atomic E-state index is 0.0685. The monoisotopic (exact) mass is 263 g/mol. The minimum atomic E-state index is -0.238. The van der Waals surface area contributed by atoms with Gasteiger partial charge in [0.15, 0.2) is 0 Å². The number of carbonyl (C=O) groups is 2. The molecule has 19 heavy (non-hydrogen) atoms. The summed E-state index contributed by atoms with van der Waals surface area (Å²) in [6.45, 7) is 1.14. The van der Waals surface area contributed by atoms with Crippen LogP contribution in [0.25, 0.3) is 0 Å². The maximum atomic E-state index is 12.4. The van der Waals surface area contributed by atoms with Crippen LogP contribution in [0, 0.1) is 0 Å². The number of ether oxygens (including phenoxy) is 1. The summed E-state index contributed by atoms with van der Waals surface area (Å²) in [5, 5.41) is 0. The summed E-state index contributed by atoms with van der Waals surface area (Å²) in [4.78, 5) is 27.1. The first-order valence-electron chi connectivity index (χ1n) is 5.99. The van der Waals surface area contributed by atoms with Crippen LogP contribution in [-0.2, 0) is 4.79 Å². The normalized spacial score (nSPS) is 15.6. The first-order chi connectivity index (χ1) is 9.02. The van der Waals surface area contributed by atoms with Crippen molar-refractivity contribution in [1.82, 2.24) is 9.80 Å². The Kier molecular flexibility index (Phi) is 3.59. The molecule has 1 aliphatic heterocycles. The first kappa shape index (κ1) is 13.2. The third-order valence-corrected chi connectivity index (χ3v) is 3.24. The molecule has 2 rings (SSSR count). The number of rotatable bonds is 2. The number of methoxy groups -OCH3 is 1. The van der Waals surface area contributed by atoms with Crippen molar-refractivity contribution in [3.05, 3.63) is 23.8 Å². The highest BCUT2D eigenvalue weighted by Gasteiger charge is 2.26. The van der Waals surface area contributed by atoms with E-state index in [1.807, 2.05) is 0 Å². The fourth-order valence-corrected chi connectivity index (χ4v) is 1.95. The molecule has 0 unspecified atom stereocenters. The quantitative estimate of drug-likeness (QED) is 0.773. The van der Waals surface area contributed by atoms with Gasteiger partial charge in [-0.1, -0.05) is 0 Å². The Hall–Kier alpha value is -2.24. The van der Waals surface area contributed by atoms with Crippen molar-refractivity contribution in [1.29, 1.82) is 0 Å². The Balaban J connectivity index is 2.22. The van der Waals surface area contributed by atoms with E-state index in [0.717, 1.165) is 0 Å². The molecule has 0 spiro atoms. The summed E-state index contributed by atoms with van der Waals surface area (Å²) < 4.78 is 5.08. The molecule has 0 bridgehead atoms. The molecule has 0 radical (unpaired) electrons. The van der Waals surface area contributed by atoms with E-state index < -0.39 is 0 Å². The number of nitrogen functional groups attached to an aromatic ring is 1. The van der Waals surface area contributed by atoms with Crippen LogP contribution >= 0.6 is 0 Å². The zero-order valence-electron chi connectivity index (χ0n) is 11.0. The Labute approximate surface area is 111 Å². The van der Waals surface area contributed by atoms with E-state index in [4.69, 9.17) is 10.5 Å². The standard InChI is InChI=1S/C13H17N3O3/c1-15-5-6-16(8-12(15)17)13(18)10-7-9(19-2)3-4-11(10)14/h3-4,7H,5-6,8,14H2,1-2H3. The lowest BCUT2D eigenvalue weighted by Crippen LogP contribution is -2.50. The lowest BCUT2D eigenvalue weighted by atomic mass is 10.1. The average Bonchev–Trinajstić information content (AvgIpc) is 2.41. The predicted molar refractivity (Wildman–Crippen MR) is 70.9 cm³/mol. The predicted octanol–water partition coefficient (Wildman–Crippen LogP) is 0.192. The topological polar surface area (TPSA) is 75.9 Å². The maximum Gasteiger partial charge on any atom is 0.256 e. The Bertz CT molecular complexity index is 516. The van der Waals surface area contributed by atoms with E-state index in [9.17, 15) is 9.59 Å². The van der Waals surface area contributed by atoms with Gasteiger partial charge >= 0.3 is 0 Å². The lowest BCUT2D eigenvalue weighted by molar-refractivity contribution is -0.133. The van der Waals surface area contributed by atoms with Gasteiger partial charge in [-0.15, -0.1) is 0 Å². The van der Waals surface area contributed by atoms with E-state index in [1.165, 1.54) is 12.0 Å². The van der Waals surface area contributed by atoms with Crippen LogP contribution in [0.5, 0.6) is 5.75 Å². The van der Waals surface area contributed by atoms with E-state index in [2.05, 4.69) is 0 Å². The molecule has 1 saturated heterocycles. The van der Waals surface area contributed by atoms with Gasteiger partial charge < -0.3 is 20.3 Å². The molecule has 102 valence electrons. The van der Waals surface area contributed by atoms with Gasteiger partial charge in [0.1, 0.15) is 12.3 Å². The number of benzene rings is 1. The molecule has 1 aliphatic rings. The van der Waals surface area contributed by atoms with Crippen LogP contribution in [-0.4, -0.2) is 55.4 Å². The summed E-state index contributed by atoms with van der Waals surface area (Å²) in [5.74, 6) is 0.261. The maximum absolute atomic E-state index is 12.4. The lowest BCUT2D eigenvalue weighted by Gasteiger charge is -2.32. The molecule has 6 heteroatoms. The van der Waals surface area contributed by atoms with Crippen molar-refractivity contribution < 1.29 is 14.3 Å². The van der Waals surface area contributed by atoms with Crippen molar-refractivity contribution in [3.8, 4) is 5.75 Å². The van der Waals surface area contributed by atoms with Crippen molar-refractivity contribution in [2.75, 3.05) is 39.5 Å². The van der Waals surface area contributed by atoms with E-state index in [1.54, 1.807) is 30.1 Å². The van der Waals surface area contributed by atoms with Crippen LogP contribution in [0.4, 0.5) is 5.69 Å². The highest BCUT2D eigenvalue weighted by atomic mass is 16.5. The second-order valence-electron chi connectivity index (χ2n) is 4.50. The van der Waals surface area contributed by atoms with E-state index in [0.29, 0.717) is 30.1 Å².